The smallest absolute Gasteiger partial charge is 0.407 e. The van der Waals surface area contributed by atoms with E-state index in [0.717, 1.165) is 18.5 Å². The first kappa shape index (κ1) is 17.3. The van der Waals surface area contributed by atoms with Gasteiger partial charge in [-0.25, -0.2) is 4.79 Å². The molecule has 1 unspecified atom stereocenters. The van der Waals surface area contributed by atoms with E-state index in [-0.39, 0.29) is 6.09 Å². The van der Waals surface area contributed by atoms with Gasteiger partial charge in [-0.3, -0.25) is 0 Å². The molecule has 21 heavy (non-hydrogen) atoms. The minimum Gasteiger partial charge on any atom is -0.444 e. The van der Waals surface area contributed by atoms with Gasteiger partial charge in [0.25, 0.3) is 0 Å². The van der Waals surface area contributed by atoms with Crippen molar-refractivity contribution in [2.75, 3.05) is 18.9 Å². The van der Waals surface area contributed by atoms with E-state index in [1.807, 2.05) is 27.8 Å². The summed E-state index contributed by atoms with van der Waals surface area (Å²) in [4.78, 5) is 11.6. The molecule has 1 rings (SSSR count). The molecule has 1 aromatic carbocycles. The molecule has 1 atom stereocenters. The van der Waals surface area contributed by atoms with Crippen LogP contribution >= 0.6 is 0 Å². The van der Waals surface area contributed by atoms with Gasteiger partial charge in [-0.05, 0) is 57.2 Å². The number of anilines is 1. The van der Waals surface area contributed by atoms with Gasteiger partial charge in [0.1, 0.15) is 5.60 Å². The molecule has 0 aromatic heterocycles. The minimum atomic E-state index is -0.447. The Balaban J connectivity index is 2.45. The van der Waals surface area contributed by atoms with E-state index < -0.39 is 5.60 Å². The van der Waals surface area contributed by atoms with Crippen molar-refractivity contribution in [3.05, 3.63) is 29.8 Å². The largest absolute Gasteiger partial charge is 0.444 e. The Morgan fingerprint density at radius 1 is 1.24 bits per heavy atom. The van der Waals surface area contributed by atoms with Crippen LogP contribution in [-0.4, -0.2) is 25.3 Å². The van der Waals surface area contributed by atoms with Crippen molar-refractivity contribution in [3.63, 3.8) is 0 Å². The lowest BCUT2D eigenvalue weighted by atomic mass is 9.93. The first-order chi connectivity index (χ1) is 9.85. The molecule has 0 aliphatic heterocycles. The number of nitrogens with one attached hydrogen (secondary N) is 2. The van der Waals surface area contributed by atoms with Gasteiger partial charge in [-0.2, -0.15) is 0 Å². The number of amides is 1. The highest BCUT2D eigenvalue weighted by molar-refractivity contribution is 5.67. The second kappa shape index (κ2) is 7.91. The van der Waals surface area contributed by atoms with Gasteiger partial charge in [-0.1, -0.05) is 19.1 Å². The predicted octanol–water partition coefficient (Wildman–Crippen LogP) is 4.14. The standard InChI is InChI=1S/C17H28N2O2/c1-6-13(14-7-9-15(18-5)10-8-14)11-12-19-16(20)21-17(2,3)4/h7-10,13,18H,6,11-12H2,1-5H3,(H,19,20). The summed E-state index contributed by atoms with van der Waals surface area (Å²) in [6, 6.07) is 8.46. The molecule has 0 radical (unpaired) electrons. The van der Waals surface area contributed by atoms with Gasteiger partial charge in [-0.15, -0.1) is 0 Å². The Bertz CT molecular complexity index is 435. The zero-order valence-corrected chi connectivity index (χ0v) is 13.8. The van der Waals surface area contributed by atoms with E-state index in [2.05, 4.69) is 41.8 Å². The average Bonchev–Trinajstić information content (AvgIpc) is 2.42. The van der Waals surface area contributed by atoms with E-state index in [9.17, 15) is 4.79 Å². The Morgan fingerprint density at radius 3 is 2.33 bits per heavy atom. The number of carbonyl (C=O) groups is 1. The topological polar surface area (TPSA) is 50.4 Å². The first-order valence-corrected chi connectivity index (χ1v) is 7.60. The summed E-state index contributed by atoms with van der Waals surface area (Å²) in [6.07, 6.45) is 1.62. The summed E-state index contributed by atoms with van der Waals surface area (Å²) in [7, 11) is 1.91. The van der Waals surface area contributed by atoms with Crippen LogP contribution in [0.4, 0.5) is 10.5 Å². The van der Waals surface area contributed by atoms with Crippen molar-refractivity contribution in [3.8, 4) is 0 Å². The molecule has 2 N–H and O–H groups in total. The molecule has 118 valence electrons. The maximum atomic E-state index is 11.6. The molecule has 0 aliphatic carbocycles. The molecule has 4 heteroatoms. The van der Waals surface area contributed by atoms with E-state index in [4.69, 9.17) is 4.74 Å². The maximum absolute atomic E-state index is 11.6. The highest BCUT2D eigenvalue weighted by Crippen LogP contribution is 2.24. The zero-order valence-electron chi connectivity index (χ0n) is 13.8. The van der Waals surface area contributed by atoms with Crippen LogP contribution in [0.5, 0.6) is 0 Å². The third kappa shape index (κ3) is 6.52. The fraction of sp³-hybridized carbons (Fsp3) is 0.588. The van der Waals surface area contributed by atoms with Gasteiger partial charge in [0, 0.05) is 19.3 Å². The van der Waals surface area contributed by atoms with E-state index in [0.29, 0.717) is 12.5 Å². The lowest BCUT2D eigenvalue weighted by molar-refractivity contribution is 0.0526. The third-order valence-electron chi connectivity index (χ3n) is 3.32. The Morgan fingerprint density at radius 2 is 1.86 bits per heavy atom. The fourth-order valence-electron chi connectivity index (χ4n) is 2.19. The highest BCUT2D eigenvalue weighted by atomic mass is 16.6. The normalized spacial score (nSPS) is 12.6. The van der Waals surface area contributed by atoms with Crippen LogP contribution in [0.1, 0.15) is 52.0 Å². The quantitative estimate of drug-likeness (QED) is 0.828. The molecule has 0 heterocycles. The van der Waals surface area contributed by atoms with Gasteiger partial charge in [0.2, 0.25) is 0 Å². The average molecular weight is 292 g/mol. The van der Waals surface area contributed by atoms with Crippen molar-refractivity contribution in [1.29, 1.82) is 0 Å². The predicted molar refractivity (Wildman–Crippen MR) is 87.9 cm³/mol. The minimum absolute atomic E-state index is 0.345. The Hall–Kier alpha value is -1.71. The summed E-state index contributed by atoms with van der Waals surface area (Å²) in [6.45, 7) is 8.39. The molecule has 0 spiro atoms. The summed E-state index contributed by atoms with van der Waals surface area (Å²) in [5.41, 5.74) is 1.97. The van der Waals surface area contributed by atoms with Crippen molar-refractivity contribution in [2.45, 2.75) is 52.1 Å². The number of ether oxygens (including phenoxy) is 1. The number of hydrogen-bond donors (Lipinski definition) is 2. The molecule has 0 aliphatic rings. The fourth-order valence-corrected chi connectivity index (χ4v) is 2.19. The lowest BCUT2D eigenvalue weighted by Crippen LogP contribution is -2.33. The summed E-state index contributed by atoms with van der Waals surface area (Å²) >= 11 is 0. The van der Waals surface area contributed by atoms with Crippen LogP contribution in [0.25, 0.3) is 0 Å². The SMILES string of the molecule is CCC(CCNC(=O)OC(C)(C)C)c1ccc(NC)cc1. The molecule has 0 fully saturated rings. The van der Waals surface area contributed by atoms with Gasteiger partial charge in [0.15, 0.2) is 0 Å². The van der Waals surface area contributed by atoms with Crippen LogP contribution in [-0.2, 0) is 4.74 Å². The van der Waals surface area contributed by atoms with Gasteiger partial charge >= 0.3 is 6.09 Å². The van der Waals surface area contributed by atoms with Crippen LogP contribution in [0.15, 0.2) is 24.3 Å². The molecule has 1 amide bonds. The van der Waals surface area contributed by atoms with Crippen molar-refractivity contribution in [1.82, 2.24) is 5.32 Å². The zero-order chi connectivity index (χ0) is 15.9. The van der Waals surface area contributed by atoms with E-state index in [1.165, 1.54) is 5.56 Å². The Kier molecular flexibility index (Phi) is 6.53. The number of rotatable bonds is 6. The van der Waals surface area contributed by atoms with Crippen LogP contribution in [0.3, 0.4) is 0 Å². The number of hydrogen-bond acceptors (Lipinski definition) is 3. The summed E-state index contributed by atoms with van der Waals surface area (Å²) < 4.78 is 5.23. The van der Waals surface area contributed by atoms with Gasteiger partial charge in [0.05, 0.1) is 0 Å². The molecular weight excluding hydrogens is 264 g/mol. The summed E-state index contributed by atoms with van der Waals surface area (Å²) in [5, 5.41) is 5.94. The molecule has 0 bridgehead atoms. The van der Waals surface area contributed by atoms with Crippen LogP contribution in [0.2, 0.25) is 0 Å². The third-order valence-corrected chi connectivity index (χ3v) is 3.32. The van der Waals surface area contributed by atoms with Crippen molar-refractivity contribution >= 4 is 11.8 Å². The lowest BCUT2D eigenvalue weighted by Gasteiger charge is -2.21. The number of benzene rings is 1. The molecular formula is C17H28N2O2. The maximum Gasteiger partial charge on any atom is 0.407 e. The van der Waals surface area contributed by atoms with E-state index in [1.54, 1.807) is 0 Å². The highest BCUT2D eigenvalue weighted by Gasteiger charge is 2.16. The molecule has 0 saturated heterocycles. The molecule has 4 nitrogen and oxygen atoms in total. The number of carbonyl (C=O) groups excluding carboxylic acids is 1. The van der Waals surface area contributed by atoms with Crippen molar-refractivity contribution in [2.24, 2.45) is 0 Å². The Labute approximate surface area is 128 Å². The van der Waals surface area contributed by atoms with E-state index >= 15 is 0 Å². The monoisotopic (exact) mass is 292 g/mol. The van der Waals surface area contributed by atoms with Crippen molar-refractivity contribution < 1.29 is 9.53 Å². The molecule has 1 aromatic rings. The number of alkyl carbamates (subject to hydrolysis) is 1. The van der Waals surface area contributed by atoms with Crippen LogP contribution in [0, 0.1) is 0 Å². The van der Waals surface area contributed by atoms with Gasteiger partial charge < -0.3 is 15.4 Å². The second-order valence-corrected chi connectivity index (χ2v) is 6.19. The summed E-state index contributed by atoms with van der Waals surface area (Å²) in [5.74, 6) is 0.450. The second-order valence-electron chi connectivity index (χ2n) is 6.19. The first-order valence-electron chi connectivity index (χ1n) is 7.60. The van der Waals surface area contributed by atoms with Crippen LogP contribution < -0.4 is 10.6 Å². The molecule has 0 saturated carbocycles.